The highest BCUT2D eigenvalue weighted by Crippen LogP contribution is 2.52. The molecule has 2 heterocycles. The fraction of sp³-hybridized carbons (Fsp3) is 0.471. The van der Waals surface area contributed by atoms with Gasteiger partial charge < -0.3 is 9.84 Å². The van der Waals surface area contributed by atoms with Crippen LogP contribution in [0.15, 0.2) is 47.1 Å². The fourth-order valence-electron chi connectivity index (χ4n) is 7.07. The Kier molecular flexibility index (Phi) is 8.48. The molecule has 1 N–H and O–H groups in total. The van der Waals surface area contributed by atoms with E-state index < -0.39 is 58.7 Å². The Hall–Kier alpha value is -3.60. The van der Waals surface area contributed by atoms with Crippen molar-refractivity contribution in [3.8, 4) is 5.75 Å². The first-order valence-electron chi connectivity index (χ1n) is 14.9. The van der Waals surface area contributed by atoms with Crippen molar-refractivity contribution >= 4 is 23.6 Å². The van der Waals surface area contributed by atoms with Gasteiger partial charge in [-0.3, -0.25) is 9.59 Å². The summed E-state index contributed by atoms with van der Waals surface area (Å²) in [5.41, 5.74) is 1.50. The minimum Gasteiger partial charge on any atom is -0.507 e. The van der Waals surface area contributed by atoms with E-state index in [9.17, 15) is 41.0 Å². The highest BCUT2D eigenvalue weighted by Gasteiger charge is 2.58. The predicted octanol–water partition coefficient (Wildman–Crippen LogP) is 8.41. The Morgan fingerprint density at radius 1 is 0.956 bits per heavy atom. The van der Waals surface area contributed by atoms with E-state index >= 15 is 0 Å². The maximum absolute atomic E-state index is 13.8. The number of fused-ring (bicyclic) bond motifs is 3. The Labute approximate surface area is 257 Å². The number of carbonyl (C=O) groups excluding carboxylic acids is 2. The molecule has 2 aromatic carbocycles. The van der Waals surface area contributed by atoms with Gasteiger partial charge in [0, 0.05) is 5.92 Å². The SMILES string of the molecule is C/C(=C\c1cc(C)c(O)c(C)c1)CC[C@H]1OC[C@H]2C1=C(C(C)C)C[C@H]1C(=O)N(c3cc(C(F)(F)F)cc(C(F)(F)F)c3)C(=O)[C@H]12. The highest BCUT2D eigenvalue weighted by atomic mass is 19.4. The summed E-state index contributed by atoms with van der Waals surface area (Å²) in [6.07, 6.45) is -7.12. The minimum atomic E-state index is -5.12. The normalized spacial score (nSPS) is 24.2. The maximum atomic E-state index is 13.8. The summed E-state index contributed by atoms with van der Waals surface area (Å²) in [6.45, 7) is 9.68. The number of phenols is 1. The number of halogens is 6. The molecule has 0 saturated carbocycles. The summed E-state index contributed by atoms with van der Waals surface area (Å²) < 4.78 is 87.7. The lowest BCUT2D eigenvalue weighted by atomic mass is 9.67. The Bertz CT molecular complexity index is 1550. The Morgan fingerprint density at radius 3 is 2.07 bits per heavy atom. The number of allylic oxidation sites excluding steroid dienone is 2. The lowest BCUT2D eigenvalue weighted by Crippen LogP contribution is -2.35. The van der Waals surface area contributed by atoms with Crippen molar-refractivity contribution in [2.45, 2.75) is 72.3 Å². The van der Waals surface area contributed by atoms with Gasteiger partial charge in [0.15, 0.2) is 0 Å². The number of rotatable bonds is 6. The molecule has 2 aliphatic heterocycles. The van der Waals surface area contributed by atoms with Crippen LogP contribution in [0.25, 0.3) is 6.08 Å². The zero-order valence-electron chi connectivity index (χ0n) is 25.6. The molecule has 0 aromatic heterocycles. The third-order valence-corrected chi connectivity index (χ3v) is 9.20. The number of carbonyl (C=O) groups is 2. The summed E-state index contributed by atoms with van der Waals surface area (Å²) >= 11 is 0. The summed E-state index contributed by atoms with van der Waals surface area (Å²) in [5.74, 6) is -3.72. The molecule has 11 heteroatoms. The number of hydrogen-bond donors (Lipinski definition) is 1. The molecule has 0 bridgehead atoms. The zero-order chi connectivity index (χ0) is 33.2. The number of nitrogens with zero attached hydrogens (tertiary/aromatic N) is 1. The molecule has 5 nitrogen and oxygen atoms in total. The van der Waals surface area contributed by atoms with Crippen LogP contribution in [0.5, 0.6) is 5.75 Å². The van der Waals surface area contributed by atoms with Gasteiger partial charge in [-0.1, -0.05) is 31.1 Å². The lowest BCUT2D eigenvalue weighted by molar-refractivity contribution is -0.143. The molecule has 45 heavy (non-hydrogen) atoms. The second-order valence-electron chi connectivity index (χ2n) is 12.7. The molecule has 242 valence electrons. The van der Waals surface area contributed by atoms with Crippen LogP contribution < -0.4 is 4.90 Å². The molecular weight excluding hydrogens is 600 g/mol. The van der Waals surface area contributed by atoms with Gasteiger partial charge in [0.25, 0.3) is 0 Å². The van der Waals surface area contributed by atoms with Gasteiger partial charge in [-0.05, 0) is 98.5 Å². The zero-order valence-corrected chi connectivity index (χ0v) is 25.6. The number of ether oxygens (including phenoxy) is 1. The number of benzene rings is 2. The van der Waals surface area contributed by atoms with Crippen molar-refractivity contribution in [3.63, 3.8) is 0 Å². The molecule has 0 radical (unpaired) electrons. The van der Waals surface area contributed by atoms with Gasteiger partial charge in [-0.25, -0.2) is 4.90 Å². The van der Waals surface area contributed by atoms with E-state index in [1.165, 1.54) is 0 Å². The molecule has 5 rings (SSSR count). The fourth-order valence-corrected chi connectivity index (χ4v) is 7.07. The van der Waals surface area contributed by atoms with E-state index in [0.717, 1.165) is 33.4 Å². The van der Waals surface area contributed by atoms with Crippen LogP contribution in [0.3, 0.4) is 0 Å². The summed E-state index contributed by atoms with van der Waals surface area (Å²) in [4.78, 5) is 27.9. The topological polar surface area (TPSA) is 66.8 Å². The number of hydrogen-bond acceptors (Lipinski definition) is 4. The van der Waals surface area contributed by atoms with Crippen molar-refractivity contribution < 1.29 is 45.8 Å². The summed E-state index contributed by atoms with van der Waals surface area (Å²) in [6, 6.07) is 4.63. The van der Waals surface area contributed by atoms with E-state index in [2.05, 4.69) is 0 Å². The molecule has 1 aliphatic carbocycles. The van der Waals surface area contributed by atoms with Crippen molar-refractivity contribution in [1.29, 1.82) is 0 Å². The van der Waals surface area contributed by atoms with E-state index in [1.54, 1.807) is 0 Å². The largest absolute Gasteiger partial charge is 0.507 e. The van der Waals surface area contributed by atoms with Crippen LogP contribution in [-0.4, -0.2) is 29.6 Å². The van der Waals surface area contributed by atoms with Crippen LogP contribution >= 0.6 is 0 Å². The minimum absolute atomic E-state index is 0.0189. The van der Waals surface area contributed by atoms with E-state index in [0.29, 0.717) is 29.9 Å². The summed E-state index contributed by atoms with van der Waals surface area (Å²) in [5, 5.41) is 10.1. The van der Waals surface area contributed by atoms with Crippen LogP contribution in [0, 0.1) is 37.5 Å². The number of aryl methyl sites for hydroxylation is 2. The molecule has 0 spiro atoms. The lowest BCUT2D eigenvalue weighted by Gasteiger charge is -2.33. The monoisotopic (exact) mass is 635 g/mol. The molecule has 4 atom stereocenters. The molecule has 2 amide bonds. The molecule has 2 aromatic rings. The maximum Gasteiger partial charge on any atom is 0.416 e. The number of phenolic OH excluding ortho intramolecular Hbond substituents is 1. The third-order valence-electron chi connectivity index (χ3n) is 9.20. The average molecular weight is 636 g/mol. The van der Waals surface area contributed by atoms with Crippen molar-refractivity contribution in [3.05, 3.63) is 74.9 Å². The second-order valence-corrected chi connectivity index (χ2v) is 12.7. The average Bonchev–Trinajstić information content (AvgIpc) is 3.46. The standard InChI is InChI=1S/C34H35F6NO4/c1-16(2)24-14-25-29(32(44)41(31(25)43)23-12-21(33(35,36)37)11-22(13-23)34(38,39)40)26-15-45-27(28(24)26)7-6-17(3)8-20-9-18(4)30(42)19(5)10-20/h8-13,16,25-27,29,42H,6-7,14-15H2,1-5H3/b17-8+/t25-,26+,27-,29-/m1/s1. The molecular formula is C34H35F6NO4. The Balaban J connectivity index is 1.43. The van der Waals surface area contributed by atoms with E-state index in [4.69, 9.17) is 4.74 Å². The van der Waals surface area contributed by atoms with Crippen molar-refractivity contribution in [1.82, 2.24) is 0 Å². The van der Waals surface area contributed by atoms with Gasteiger partial charge in [0.05, 0.1) is 41.4 Å². The smallest absolute Gasteiger partial charge is 0.416 e. The number of amides is 2. The number of alkyl halides is 6. The van der Waals surface area contributed by atoms with E-state index in [1.807, 2.05) is 52.8 Å². The van der Waals surface area contributed by atoms with Gasteiger partial charge in [0.1, 0.15) is 5.75 Å². The van der Waals surface area contributed by atoms with Gasteiger partial charge in [-0.2, -0.15) is 26.3 Å². The van der Waals surface area contributed by atoms with Gasteiger partial charge in [0.2, 0.25) is 11.8 Å². The van der Waals surface area contributed by atoms with Gasteiger partial charge in [-0.15, -0.1) is 0 Å². The molecule has 2 saturated heterocycles. The second kappa shape index (κ2) is 11.6. The van der Waals surface area contributed by atoms with Crippen molar-refractivity contribution in [2.24, 2.45) is 23.7 Å². The molecule has 2 fully saturated rings. The van der Waals surface area contributed by atoms with Crippen molar-refractivity contribution in [2.75, 3.05) is 11.5 Å². The highest BCUT2D eigenvalue weighted by molar-refractivity contribution is 6.22. The number of imide groups is 1. The Morgan fingerprint density at radius 2 is 1.53 bits per heavy atom. The number of aromatic hydroxyl groups is 1. The quantitative estimate of drug-likeness (QED) is 0.197. The first-order valence-corrected chi connectivity index (χ1v) is 14.9. The number of anilines is 1. The summed E-state index contributed by atoms with van der Waals surface area (Å²) in [7, 11) is 0. The molecule has 3 aliphatic rings. The molecule has 0 unspecified atom stereocenters. The van der Waals surface area contributed by atoms with E-state index in [-0.39, 0.29) is 36.9 Å². The van der Waals surface area contributed by atoms with Gasteiger partial charge >= 0.3 is 12.4 Å². The van der Waals surface area contributed by atoms with Crippen LogP contribution in [0.2, 0.25) is 0 Å². The third kappa shape index (κ3) is 6.15. The van der Waals surface area contributed by atoms with Crippen LogP contribution in [-0.2, 0) is 26.7 Å². The predicted molar refractivity (Wildman–Crippen MR) is 156 cm³/mol. The van der Waals surface area contributed by atoms with Crippen LogP contribution in [0.1, 0.15) is 67.9 Å². The first kappa shape index (κ1) is 32.8. The van der Waals surface area contributed by atoms with Crippen LogP contribution in [0.4, 0.5) is 32.0 Å². The first-order chi connectivity index (χ1) is 20.9.